The molecule has 5 nitrogen and oxygen atoms in total. The largest absolute Gasteiger partial charge is 0.444 e. The third-order valence-corrected chi connectivity index (χ3v) is 2.95. The monoisotopic (exact) mass is 227 g/mol. The van der Waals surface area contributed by atoms with Crippen LogP contribution in [0.1, 0.15) is 27.2 Å². The molecule has 16 heavy (non-hydrogen) atoms. The average molecular weight is 227 g/mol. The molecule has 0 aromatic rings. The number of hydrogen-bond donors (Lipinski definition) is 0. The molecule has 0 radical (unpaired) electrons. The molecule has 0 aromatic carbocycles. The SMILES string of the molecule is CC(C)(C)OC(=O)N1CC(=O)C12CCOC2. The number of ether oxygens (including phenoxy) is 2. The third kappa shape index (κ3) is 1.69. The van der Waals surface area contributed by atoms with E-state index in [1.807, 2.05) is 20.8 Å². The number of carbonyl (C=O) groups is 2. The Balaban J connectivity index is 2.06. The number of Topliss-reactive ketones (excluding diaryl/α,β-unsaturated/α-hetero) is 1. The number of hydrogen-bond acceptors (Lipinski definition) is 4. The van der Waals surface area contributed by atoms with E-state index in [9.17, 15) is 9.59 Å². The van der Waals surface area contributed by atoms with Crippen molar-refractivity contribution in [1.82, 2.24) is 4.90 Å². The van der Waals surface area contributed by atoms with E-state index >= 15 is 0 Å². The smallest absolute Gasteiger partial charge is 0.411 e. The predicted octanol–water partition coefficient (Wildman–Crippen LogP) is 0.965. The quantitative estimate of drug-likeness (QED) is 0.618. The van der Waals surface area contributed by atoms with Crippen LogP contribution >= 0.6 is 0 Å². The maximum atomic E-state index is 11.8. The van der Waals surface area contributed by atoms with Crippen LogP contribution in [-0.4, -0.2) is 47.7 Å². The Morgan fingerprint density at radius 2 is 2.19 bits per heavy atom. The van der Waals surface area contributed by atoms with Gasteiger partial charge in [-0.15, -0.1) is 0 Å². The first-order valence-electron chi connectivity index (χ1n) is 5.47. The van der Waals surface area contributed by atoms with Gasteiger partial charge in [-0.3, -0.25) is 9.69 Å². The number of nitrogens with zero attached hydrogens (tertiary/aromatic N) is 1. The van der Waals surface area contributed by atoms with Gasteiger partial charge in [0.25, 0.3) is 0 Å². The highest BCUT2D eigenvalue weighted by atomic mass is 16.6. The van der Waals surface area contributed by atoms with Gasteiger partial charge in [0.05, 0.1) is 13.2 Å². The van der Waals surface area contributed by atoms with E-state index in [-0.39, 0.29) is 12.3 Å². The van der Waals surface area contributed by atoms with Crippen molar-refractivity contribution in [2.45, 2.75) is 38.3 Å². The van der Waals surface area contributed by atoms with Gasteiger partial charge >= 0.3 is 6.09 Å². The Labute approximate surface area is 94.7 Å². The summed E-state index contributed by atoms with van der Waals surface area (Å²) in [5.41, 5.74) is -1.25. The number of amides is 1. The molecule has 5 heteroatoms. The minimum absolute atomic E-state index is 0.0795. The molecule has 2 aliphatic heterocycles. The minimum Gasteiger partial charge on any atom is -0.444 e. The molecule has 2 rings (SSSR count). The van der Waals surface area contributed by atoms with Crippen molar-refractivity contribution >= 4 is 11.9 Å². The van der Waals surface area contributed by atoms with Gasteiger partial charge in [-0.2, -0.15) is 0 Å². The standard InChI is InChI=1S/C11H17NO4/c1-10(2,3)16-9(14)12-6-8(13)11(12)4-5-15-7-11/h4-7H2,1-3H3. The lowest BCUT2D eigenvalue weighted by Gasteiger charge is -2.47. The van der Waals surface area contributed by atoms with Crippen LogP contribution in [0.5, 0.6) is 0 Å². The number of carbonyl (C=O) groups excluding carboxylic acids is 2. The summed E-state index contributed by atoms with van der Waals surface area (Å²) < 4.78 is 10.5. The fraction of sp³-hybridized carbons (Fsp3) is 0.818. The van der Waals surface area contributed by atoms with Gasteiger partial charge in [0.15, 0.2) is 5.78 Å². The highest BCUT2D eigenvalue weighted by molar-refractivity contribution is 6.01. The molecule has 0 aromatic heterocycles. The lowest BCUT2D eigenvalue weighted by Crippen LogP contribution is -2.70. The summed E-state index contributed by atoms with van der Waals surface area (Å²) in [5.74, 6) is 0.0795. The predicted molar refractivity (Wildman–Crippen MR) is 56.1 cm³/mol. The zero-order valence-electron chi connectivity index (χ0n) is 9.91. The van der Waals surface area contributed by atoms with Crippen LogP contribution in [0.25, 0.3) is 0 Å². The number of rotatable bonds is 0. The fourth-order valence-electron chi connectivity index (χ4n) is 2.04. The van der Waals surface area contributed by atoms with Gasteiger partial charge < -0.3 is 9.47 Å². The molecule has 0 bridgehead atoms. The first kappa shape index (κ1) is 11.4. The molecule has 0 aliphatic carbocycles. The zero-order valence-corrected chi connectivity index (χ0v) is 9.91. The average Bonchev–Trinajstić information content (AvgIpc) is 2.61. The Hall–Kier alpha value is -1.10. The van der Waals surface area contributed by atoms with E-state index in [0.717, 1.165) is 0 Å². The van der Waals surface area contributed by atoms with E-state index < -0.39 is 17.2 Å². The molecule has 0 saturated carbocycles. The summed E-state index contributed by atoms with van der Waals surface area (Å²) in [5, 5.41) is 0. The van der Waals surface area contributed by atoms with Crippen molar-refractivity contribution in [3.8, 4) is 0 Å². The Morgan fingerprint density at radius 1 is 1.50 bits per heavy atom. The Bertz CT molecular complexity index is 325. The van der Waals surface area contributed by atoms with Crippen LogP contribution in [0.15, 0.2) is 0 Å². The molecule has 2 fully saturated rings. The van der Waals surface area contributed by atoms with Crippen molar-refractivity contribution in [2.24, 2.45) is 0 Å². The fourth-order valence-corrected chi connectivity index (χ4v) is 2.04. The van der Waals surface area contributed by atoms with Gasteiger partial charge in [-0.05, 0) is 20.8 Å². The van der Waals surface area contributed by atoms with Gasteiger partial charge in [-0.1, -0.05) is 0 Å². The van der Waals surface area contributed by atoms with Crippen molar-refractivity contribution in [1.29, 1.82) is 0 Å². The summed E-state index contributed by atoms with van der Waals surface area (Å²) in [6.07, 6.45) is 0.169. The maximum Gasteiger partial charge on any atom is 0.411 e. The number of ketones is 1. The van der Waals surface area contributed by atoms with E-state index in [2.05, 4.69) is 0 Å². The topological polar surface area (TPSA) is 55.8 Å². The molecule has 1 amide bonds. The first-order chi connectivity index (χ1) is 7.35. The summed E-state index contributed by atoms with van der Waals surface area (Å²) in [4.78, 5) is 24.9. The lowest BCUT2D eigenvalue weighted by molar-refractivity contribution is -0.147. The molecule has 90 valence electrons. The molecule has 2 aliphatic rings. The van der Waals surface area contributed by atoms with E-state index in [4.69, 9.17) is 9.47 Å². The number of likely N-dealkylation sites (tertiary alicyclic amines) is 1. The first-order valence-corrected chi connectivity index (χ1v) is 5.47. The molecular weight excluding hydrogens is 210 g/mol. The summed E-state index contributed by atoms with van der Waals surface area (Å²) in [6.45, 7) is 6.42. The highest BCUT2D eigenvalue weighted by Crippen LogP contribution is 2.36. The maximum absolute atomic E-state index is 11.8. The summed E-state index contributed by atoms with van der Waals surface area (Å²) >= 11 is 0. The van der Waals surface area contributed by atoms with Crippen LogP contribution in [0.3, 0.4) is 0 Å². The van der Waals surface area contributed by atoms with Crippen LogP contribution in [0.4, 0.5) is 4.79 Å². The normalized spacial score (nSPS) is 29.4. The minimum atomic E-state index is -0.720. The molecular formula is C11H17NO4. The molecule has 2 heterocycles. The zero-order chi connectivity index (χ0) is 12.0. The summed E-state index contributed by atoms with van der Waals surface area (Å²) in [7, 11) is 0. The van der Waals surface area contributed by atoms with Crippen molar-refractivity contribution < 1.29 is 19.1 Å². The van der Waals surface area contributed by atoms with Crippen LogP contribution in [0.2, 0.25) is 0 Å². The summed E-state index contributed by atoms with van der Waals surface area (Å²) in [6, 6.07) is 0. The molecule has 1 unspecified atom stereocenters. The third-order valence-electron chi connectivity index (χ3n) is 2.95. The van der Waals surface area contributed by atoms with Gasteiger partial charge in [0.2, 0.25) is 0 Å². The van der Waals surface area contributed by atoms with Crippen LogP contribution in [0, 0.1) is 0 Å². The van der Waals surface area contributed by atoms with Crippen LogP contribution in [-0.2, 0) is 14.3 Å². The van der Waals surface area contributed by atoms with E-state index in [1.54, 1.807) is 0 Å². The van der Waals surface area contributed by atoms with E-state index in [1.165, 1.54) is 4.90 Å². The Kier molecular flexibility index (Phi) is 2.45. The van der Waals surface area contributed by atoms with Crippen molar-refractivity contribution in [3.63, 3.8) is 0 Å². The van der Waals surface area contributed by atoms with Crippen molar-refractivity contribution in [3.05, 3.63) is 0 Å². The Morgan fingerprint density at radius 3 is 2.62 bits per heavy atom. The molecule has 0 N–H and O–H groups in total. The molecule has 1 spiro atoms. The van der Waals surface area contributed by atoms with Gasteiger partial charge in [-0.25, -0.2) is 4.79 Å². The van der Waals surface area contributed by atoms with Gasteiger partial charge in [0.1, 0.15) is 11.1 Å². The van der Waals surface area contributed by atoms with Crippen molar-refractivity contribution in [2.75, 3.05) is 19.8 Å². The van der Waals surface area contributed by atoms with Crippen LogP contribution < -0.4 is 0 Å². The second kappa shape index (κ2) is 3.45. The second-order valence-electron chi connectivity index (χ2n) is 5.32. The van der Waals surface area contributed by atoms with E-state index in [0.29, 0.717) is 19.6 Å². The van der Waals surface area contributed by atoms with Gasteiger partial charge in [0, 0.05) is 13.0 Å². The molecule has 1 atom stereocenters. The molecule has 2 saturated heterocycles. The lowest BCUT2D eigenvalue weighted by atomic mass is 9.83. The second-order valence-corrected chi connectivity index (χ2v) is 5.32. The highest BCUT2D eigenvalue weighted by Gasteiger charge is 2.58.